The van der Waals surface area contributed by atoms with Gasteiger partial charge in [0.2, 0.25) is 0 Å². The first-order valence-corrected chi connectivity index (χ1v) is 8.66. The fourth-order valence-electron chi connectivity index (χ4n) is 3.89. The van der Waals surface area contributed by atoms with E-state index in [1.807, 2.05) is 17.9 Å². The van der Waals surface area contributed by atoms with Crippen molar-refractivity contribution in [3.8, 4) is 0 Å². The molecule has 1 aromatic rings. The molecule has 3 heterocycles. The van der Waals surface area contributed by atoms with Gasteiger partial charge in [0.05, 0.1) is 24.5 Å². The SMILES string of the molecule is Cn1cc(CN2CCC[C@@]3(C[C@H](OCC4CC4)CO3)C2)cn1. The van der Waals surface area contributed by atoms with Crippen molar-refractivity contribution in [2.45, 2.75) is 50.4 Å². The second kappa shape index (κ2) is 5.95. The zero-order valence-corrected chi connectivity index (χ0v) is 13.5. The highest BCUT2D eigenvalue weighted by Gasteiger charge is 2.44. The maximum atomic E-state index is 6.23. The van der Waals surface area contributed by atoms with Gasteiger partial charge in [0.25, 0.3) is 0 Å². The summed E-state index contributed by atoms with van der Waals surface area (Å²) >= 11 is 0. The standard InChI is InChI=1S/C17H27N3O2/c1-19-9-15(8-18-19)10-20-6-2-5-17(13-20)7-16(12-22-17)21-11-14-3-4-14/h8-9,14,16H,2-7,10-13H2,1H3/t16-,17+/m0/s1. The molecule has 0 radical (unpaired) electrons. The van der Waals surface area contributed by atoms with Crippen LogP contribution < -0.4 is 0 Å². The normalized spacial score (nSPS) is 32.9. The van der Waals surface area contributed by atoms with Crippen molar-refractivity contribution in [1.82, 2.24) is 14.7 Å². The van der Waals surface area contributed by atoms with Crippen LogP contribution in [0.4, 0.5) is 0 Å². The molecular formula is C17H27N3O2. The molecule has 5 heteroatoms. The van der Waals surface area contributed by atoms with Crippen molar-refractivity contribution >= 4 is 0 Å². The molecule has 5 nitrogen and oxygen atoms in total. The Bertz CT molecular complexity index is 514. The summed E-state index contributed by atoms with van der Waals surface area (Å²) in [6.07, 6.45) is 10.6. The van der Waals surface area contributed by atoms with Gasteiger partial charge in [-0.2, -0.15) is 5.10 Å². The van der Waals surface area contributed by atoms with E-state index in [4.69, 9.17) is 9.47 Å². The van der Waals surface area contributed by atoms with Gasteiger partial charge in [-0.15, -0.1) is 0 Å². The maximum absolute atomic E-state index is 6.23. The van der Waals surface area contributed by atoms with Crippen LogP contribution in [-0.2, 0) is 23.1 Å². The van der Waals surface area contributed by atoms with Crippen LogP contribution in [0.2, 0.25) is 0 Å². The monoisotopic (exact) mass is 305 g/mol. The molecule has 1 aromatic heterocycles. The number of ether oxygens (including phenoxy) is 2. The topological polar surface area (TPSA) is 39.5 Å². The van der Waals surface area contributed by atoms with Gasteiger partial charge in [0, 0.05) is 44.9 Å². The second-order valence-electron chi connectivity index (χ2n) is 7.43. The van der Waals surface area contributed by atoms with Crippen molar-refractivity contribution in [3.63, 3.8) is 0 Å². The summed E-state index contributed by atoms with van der Waals surface area (Å²) in [4.78, 5) is 2.52. The lowest BCUT2D eigenvalue weighted by molar-refractivity contribution is -0.0547. The Hall–Kier alpha value is -0.910. The molecular weight excluding hydrogens is 278 g/mol. The summed E-state index contributed by atoms with van der Waals surface area (Å²) in [7, 11) is 1.98. The minimum Gasteiger partial charge on any atom is -0.375 e. The molecule has 3 aliphatic rings. The quantitative estimate of drug-likeness (QED) is 0.834. The molecule has 122 valence electrons. The van der Waals surface area contributed by atoms with Crippen molar-refractivity contribution in [2.75, 3.05) is 26.3 Å². The van der Waals surface area contributed by atoms with E-state index >= 15 is 0 Å². The van der Waals surface area contributed by atoms with Crippen molar-refractivity contribution < 1.29 is 9.47 Å². The Morgan fingerprint density at radius 3 is 3.14 bits per heavy atom. The van der Waals surface area contributed by atoms with Crippen LogP contribution in [0.3, 0.4) is 0 Å². The lowest BCUT2D eigenvalue weighted by Gasteiger charge is -2.39. The predicted octanol–water partition coefficient (Wildman–Crippen LogP) is 1.97. The fourth-order valence-corrected chi connectivity index (χ4v) is 3.89. The predicted molar refractivity (Wildman–Crippen MR) is 83.5 cm³/mol. The molecule has 2 atom stereocenters. The van der Waals surface area contributed by atoms with Crippen LogP contribution in [-0.4, -0.2) is 52.7 Å². The van der Waals surface area contributed by atoms with Crippen LogP contribution in [0.1, 0.15) is 37.7 Å². The molecule has 4 rings (SSSR count). The lowest BCUT2D eigenvalue weighted by atomic mass is 9.89. The van der Waals surface area contributed by atoms with E-state index in [2.05, 4.69) is 16.2 Å². The van der Waals surface area contributed by atoms with Gasteiger partial charge >= 0.3 is 0 Å². The van der Waals surface area contributed by atoms with Gasteiger partial charge < -0.3 is 9.47 Å². The Labute approximate surface area is 132 Å². The minimum atomic E-state index is 0.0364. The van der Waals surface area contributed by atoms with E-state index in [1.54, 1.807) is 0 Å². The van der Waals surface area contributed by atoms with E-state index in [0.29, 0.717) is 6.10 Å². The average molecular weight is 305 g/mol. The summed E-state index contributed by atoms with van der Waals surface area (Å²) in [5, 5.41) is 4.27. The largest absolute Gasteiger partial charge is 0.375 e. The molecule has 3 fully saturated rings. The molecule has 1 saturated carbocycles. The van der Waals surface area contributed by atoms with Gasteiger partial charge in [-0.3, -0.25) is 9.58 Å². The van der Waals surface area contributed by atoms with Gasteiger partial charge in [-0.05, 0) is 38.1 Å². The van der Waals surface area contributed by atoms with E-state index < -0.39 is 0 Å². The Kier molecular flexibility index (Phi) is 3.96. The highest BCUT2D eigenvalue weighted by atomic mass is 16.6. The third-order valence-electron chi connectivity index (χ3n) is 5.22. The van der Waals surface area contributed by atoms with Gasteiger partial charge in [-0.25, -0.2) is 0 Å². The molecule has 2 saturated heterocycles. The number of rotatable bonds is 5. The van der Waals surface area contributed by atoms with Crippen LogP contribution in [0.15, 0.2) is 12.4 Å². The van der Waals surface area contributed by atoms with Gasteiger partial charge in [0.1, 0.15) is 0 Å². The van der Waals surface area contributed by atoms with Crippen LogP contribution in [0, 0.1) is 5.92 Å². The zero-order valence-electron chi connectivity index (χ0n) is 13.5. The number of hydrogen-bond donors (Lipinski definition) is 0. The third kappa shape index (κ3) is 3.36. The summed E-state index contributed by atoms with van der Waals surface area (Å²) < 4.78 is 14.2. The molecule has 0 N–H and O–H groups in total. The molecule has 1 aliphatic carbocycles. The van der Waals surface area contributed by atoms with Crippen LogP contribution in [0.5, 0.6) is 0 Å². The van der Waals surface area contributed by atoms with Crippen molar-refractivity contribution in [2.24, 2.45) is 13.0 Å². The van der Waals surface area contributed by atoms with E-state index in [1.165, 1.54) is 31.2 Å². The lowest BCUT2D eigenvalue weighted by Crippen LogP contribution is -2.47. The summed E-state index contributed by atoms with van der Waals surface area (Å²) in [6, 6.07) is 0. The highest BCUT2D eigenvalue weighted by molar-refractivity contribution is 5.05. The molecule has 22 heavy (non-hydrogen) atoms. The summed E-state index contributed by atoms with van der Waals surface area (Å²) in [6.45, 7) is 4.91. The zero-order chi connectivity index (χ0) is 15.0. The Morgan fingerprint density at radius 1 is 1.45 bits per heavy atom. The number of aryl methyl sites for hydroxylation is 1. The molecule has 2 aliphatic heterocycles. The minimum absolute atomic E-state index is 0.0364. The number of hydrogen-bond acceptors (Lipinski definition) is 4. The number of nitrogens with zero attached hydrogens (tertiary/aromatic N) is 3. The molecule has 0 unspecified atom stereocenters. The van der Waals surface area contributed by atoms with E-state index in [0.717, 1.165) is 45.2 Å². The first kappa shape index (κ1) is 14.7. The Balaban J connectivity index is 1.32. The fraction of sp³-hybridized carbons (Fsp3) is 0.824. The first-order valence-electron chi connectivity index (χ1n) is 8.66. The molecule has 1 spiro atoms. The van der Waals surface area contributed by atoms with Gasteiger partial charge in [-0.1, -0.05) is 0 Å². The van der Waals surface area contributed by atoms with Crippen molar-refractivity contribution in [1.29, 1.82) is 0 Å². The number of likely N-dealkylation sites (tertiary alicyclic amines) is 1. The molecule has 0 aromatic carbocycles. The smallest absolute Gasteiger partial charge is 0.0836 e. The number of aromatic nitrogens is 2. The number of piperidine rings is 1. The van der Waals surface area contributed by atoms with E-state index in [9.17, 15) is 0 Å². The highest BCUT2D eigenvalue weighted by Crippen LogP contribution is 2.37. The van der Waals surface area contributed by atoms with E-state index in [-0.39, 0.29) is 5.60 Å². The third-order valence-corrected chi connectivity index (χ3v) is 5.22. The van der Waals surface area contributed by atoms with Crippen LogP contribution in [0.25, 0.3) is 0 Å². The second-order valence-corrected chi connectivity index (χ2v) is 7.43. The van der Waals surface area contributed by atoms with Gasteiger partial charge in [0.15, 0.2) is 0 Å². The Morgan fingerprint density at radius 2 is 2.36 bits per heavy atom. The van der Waals surface area contributed by atoms with Crippen molar-refractivity contribution in [3.05, 3.63) is 18.0 Å². The summed E-state index contributed by atoms with van der Waals surface area (Å²) in [5.41, 5.74) is 1.33. The molecule has 0 bridgehead atoms. The molecule has 0 amide bonds. The first-order chi connectivity index (χ1) is 10.7. The van der Waals surface area contributed by atoms with Crippen LogP contribution >= 0.6 is 0 Å². The average Bonchev–Trinajstić information content (AvgIpc) is 3.14. The maximum Gasteiger partial charge on any atom is 0.0836 e. The summed E-state index contributed by atoms with van der Waals surface area (Å²) in [5.74, 6) is 0.838.